The van der Waals surface area contributed by atoms with Gasteiger partial charge in [0.25, 0.3) is 5.91 Å². The highest BCUT2D eigenvalue weighted by atomic mass is 16.2. The lowest BCUT2D eigenvalue weighted by atomic mass is 10.1. The molecule has 1 aromatic carbocycles. The number of amides is 1. The van der Waals surface area contributed by atoms with Crippen molar-refractivity contribution in [2.24, 2.45) is 0 Å². The highest BCUT2D eigenvalue weighted by Crippen LogP contribution is 2.16. The van der Waals surface area contributed by atoms with Gasteiger partial charge in [0.15, 0.2) is 0 Å². The first-order valence-corrected chi connectivity index (χ1v) is 8.68. The first-order chi connectivity index (χ1) is 11.8. The Balaban J connectivity index is 1.68. The molecule has 0 saturated carbocycles. The highest BCUT2D eigenvalue weighted by Gasteiger charge is 2.17. The van der Waals surface area contributed by atoms with Crippen molar-refractivity contribution in [1.29, 1.82) is 0 Å². The fourth-order valence-corrected chi connectivity index (χ4v) is 3.00. The van der Waals surface area contributed by atoms with Crippen molar-refractivity contribution in [2.45, 2.75) is 32.7 Å². The van der Waals surface area contributed by atoms with Crippen molar-refractivity contribution in [2.75, 3.05) is 24.5 Å². The van der Waals surface area contributed by atoms with E-state index in [4.69, 9.17) is 0 Å². The predicted octanol–water partition coefficient (Wildman–Crippen LogP) is 3.13. The Kier molecular flexibility index (Phi) is 5.41. The predicted molar refractivity (Wildman–Crippen MR) is 95.0 cm³/mol. The molecule has 1 fully saturated rings. The summed E-state index contributed by atoms with van der Waals surface area (Å²) < 4.78 is 0. The van der Waals surface area contributed by atoms with Gasteiger partial charge in [0.2, 0.25) is 5.95 Å². The highest BCUT2D eigenvalue weighted by molar-refractivity contribution is 5.93. The van der Waals surface area contributed by atoms with E-state index in [9.17, 15) is 4.79 Å². The standard InChI is InChI=1S/C19H24N4O/c1-2-22(15-16-9-5-3-6-10-16)18(24)17-13-20-19(21-14-17)23-11-7-4-8-12-23/h3,5-6,9-10,13-14H,2,4,7-8,11-12,15H2,1H3. The molecule has 1 amide bonds. The third-order valence-electron chi connectivity index (χ3n) is 4.41. The zero-order chi connectivity index (χ0) is 16.8. The third kappa shape index (κ3) is 3.91. The van der Waals surface area contributed by atoms with E-state index in [1.807, 2.05) is 42.2 Å². The average Bonchev–Trinajstić information content (AvgIpc) is 2.67. The zero-order valence-corrected chi connectivity index (χ0v) is 14.2. The van der Waals surface area contributed by atoms with Crippen LogP contribution in [0, 0.1) is 0 Å². The number of nitrogens with zero attached hydrogens (tertiary/aromatic N) is 4. The smallest absolute Gasteiger partial charge is 0.257 e. The number of hydrogen-bond donors (Lipinski definition) is 0. The van der Waals surface area contributed by atoms with Crippen LogP contribution < -0.4 is 4.90 Å². The summed E-state index contributed by atoms with van der Waals surface area (Å²) in [6.07, 6.45) is 6.97. The molecule has 1 saturated heterocycles. The van der Waals surface area contributed by atoms with Crippen molar-refractivity contribution in [3.8, 4) is 0 Å². The third-order valence-corrected chi connectivity index (χ3v) is 4.41. The fraction of sp³-hybridized carbons (Fsp3) is 0.421. The monoisotopic (exact) mass is 324 g/mol. The summed E-state index contributed by atoms with van der Waals surface area (Å²) in [6.45, 7) is 5.25. The van der Waals surface area contributed by atoms with Crippen LogP contribution in [0.3, 0.4) is 0 Å². The van der Waals surface area contributed by atoms with Gasteiger partial charge < -0.3 is 9.80 Å². The normalized spacial score (nSPS) is 14.5. The maximum Gasteiger partial charge on any atom is 0.257 e. The van der Waals surface area contributed by atoms with E-state index in [1.165, 1.54) is 19.3 Å². The van der Waals surface area contributed by atoms with Crippen molar-refractivity contribution in [1.82, 2.24) is 14.9 Å². The molecular formula is C19H24N4O. The van der Waals surface area contributed by atoms with E-state index in [2.05, 4.69) is 14.9 Å². The van der Waals surface area contributed by atoms with E-state index in [0.29, 0.717) is 18.7 Å². The van der Waals surface area contributed by atoms with Crippen LogP contribution >= 0.6 is 0 Å². The van der Waals surface area contributed by atoms with Gasteiger partial charge in [0.05, 0.1) is 5.56 Å². The minimum Gasteiger partial charge on any atom is -0.341 e. The zero-order valence-electron chi connectivity index (χ0n) is 14.2. The molecule has 0 aliphatic carbocycles. The largest absolute Gasteiger partial charge is 0.341 e. The molecule has 2 aromatic rings. The molecule has 3 rings (SSSR count). The minimum absolute atomic E-state index is 0.0217. The maximum atomic E-state index is 12.7. The molecule has 0 radical (unpaired) electrons. The molecule has 0 N–H and O–H groups in total. The molecule has 2 heterocycles. The van der Waals surface area contributed by atoms with Gasteiger partial charge in [-0.25, -0.2) is 9.97 Å². The summed E-state index contributed by atoms with van der Waals surface area (Å²) in [6, 6.07) is 10.0. The van der Waals surface area contributed by atoms with E-state index >= 15 is 0 Å². The lowest BCUT2D eigenvalue weighted by Crippen LogP contribution is -2.32. The van der Waals surface area contributed by atoms with Crippen LogP contribution in [0.1, 0.15) is 42.1 Å². The Hall–Kier alpha value is -2.43. The Labute approximate surface area is 143 Å². The first-order valence-electron chi connectivity index (χ1n) is 8.68. The molecule has 1 aliphatic rings. The van der Waals surface area contributed by atoms with Gasteiger partial charge in [-0.3, -0.25) is 4.79 Å². The van der Waals surface area contributed by atoms with Gasteiger partial charge in [-0.05, 0) is 31.7 Å². The van der Waals surface area contributed by atoms with E-state index in [0.717, 1.165) is 24.6 Å². The van der Waals surface area contributed by atoms with Gasteiger partial charge in [-0.1, -0.05) is 30.3 Å². The van der Waals surface area contributed by atoms with Crippen molar-refractivity contribution in [3.63, 3.8) is 0 Å². The van der Waals surface area contributed by atoms with E-state index in [1.54, 1.807) is 12.4 Å². The van der Waals surface area contributed by atoms with Crippen LogP contribution in [0.2, 0.25) is 0 Å². The molecule has 126 valence electrons. The number of aromatic nitrogens is 2. The molecule has 5 nitrogen and oxygen atoms in total. The number of rotatable bonds is 5. The molecule has 0 unspecified atom stereocenters. The van der Waals surface area contributed by atoms with Crippen LogP contribution in [-0.2, 0) is 6.54 Å². The van der Waals surface area contributed by atoms with Crippen LogP contribution in [0.15, 0.2) is 42.7 Å². The Morgan fingerprint density at radius 3 is 2.38 bits per heavy atom. The fourth-order valence-electron chi connectivity index (χ4n) is 3.00. The Morgan fingerprint density at radius 2 is 1.75 bits per heavy atom. The number of carbonyl (C=O) groups excluding carboxylic acids is 1. The van der Waals surface area contributed by atoms with Crippen LogP contribution in [0.25, 0.3) is 0 Å². The van der Waals surface area contributed by atoms with Gasteiger partial charge in [0, 0.05) is 38.6 Å². The van der Waals surface area contributed by atoms with Gasteiger partial charge in [0.1, 0.15) is 0 Å². The molecule has 0 spiro atoms. The van der Waals surface area contributed by atoms with Crippen molar-refractivity contribution < 1.29 is 4.79 Å². The summed E-state index contributed by atoms with van der Waals surface area (Å²) >= 11 is 0. The molecule has 0 bridgehead atoms. The number of benzene rings is 1. The Morgan fingerprint density at radius 1 is 1.08 bits per heavy atom. The van der Waals surface area contributed by atoms with Gasteiger partial charge in [-0.15, -0.1) is 0 Å². The van der Waals surface area contributed by atoms with Crippen LogP contribution in [-0.4, -0.2) is 40.4 Å². The van der Waals surface area contributed by atoms with Crippen molar-refractivity contribution in [3.05, 3.63) is 53.9 Å². The molecule has 0 atom stereocenters. The molecular weight excluding hydrogens is 300 g/mol. The quantitative estimate of drug-likeness (QED) is 0.848. The summed E-state index contributed by atoms with van der Waals surface area (Å²) in [5, 5.41) is 0. The molecule has 1 aliphatic heterocycles. The average molecular weight is 324 g/mol. The molecule has 5 heteroatoms. The number of piperidine rings is 1. The maximum absolute atomic E-state index is 12.7. The lowest BCUT2D eigenvalue weighted by Gasteiger charge is -2.26. The summed E-state index contributed by atoms with van der Waals surface area (Å²) in [7, 11) is 0. The molecule has 1 aromatic heterocycles. The second-order valence-electron chi connectivity index (χ2n) is 6.12. The second kappa shape index (κ2) is 7.90. The molecule has 24 heavy (non-hydrogen) atoms. The van der Waals surface area contributed by atoms with Gasteiger partial charge >= 0.3 is 0 Å². The number of anilines is 1. The van der Waals surface area contributed by atoms with E-state index in [-0.39, 0.29) is 5.91 Å². The van der Waals surface area contributed by atoms with Crippen LogP contribution in [0.4, 0.5) is 5.95 Å². The second-order valence-corrected chi connectivity index (χ2v) is 6.12. The lowest BCUT2D eigenvalue weighted by molar-refractivity contribution is 0.0751. The van der Waals surface area contributed by atoms with E-state index < -0.39 is 0 Å². The SMILES string of the molecule is CCN(Cc1ccccc1)C(=O)c1cnc(N2CCCCC2)nc1. The van der Waals surface area contributed by atoms with Gasteiger partial charge in [-0.2, -0.15) is 0 Å². The Bertz CT molecular complexity index is 651. The summed E-state index contributed by atoms with van der Waals surface area (Å²) in [5.74, 6) is 0.712. The first kappa shape index (κ1) is 16.4. The van der Waals surface area contributed by atoms with Crippen molar-refractivity contribution >= 4 is 11.9 Å². The summed E-state index contributed by atoms with van der Waals surface area (Å²) in [4.78, 5) is 25.5. The van der Waals surface area contributed by atoms with Crippen LogP contribution in [0.5, 0.6) is 0 Å². The summed E-state index contributed by atoms with van der Waals surface area (Å²) in [5.41, 5.74) is 1.67. The minimum atomic E-state index is -0.0217. The number of carbonyl (C=O) groups is 1. The number of hydrogen-bond acceptors (Lipinski definition) is 4. The topological polar surface area (TPSA) is 49.3 Å².